The summed E-state index contributed by atoms with van der Waals surface area (Å²) in [4.78, 5) is 18.6. The standard InChI is InChI=1S/C13H15ClN4O3/c1-8-15-12(21-16-8)11-7-20-4-3-18(11)13(19)10-5-9(14)6-17(10)2/h5-6,11H,3-4,7H2,1-2H3. The highest BCUT2D eigenvalue weighted by atomic mass is 35.5. The van der Waals surface area contributed by atoms with Crippen LogP contribution in [0.3, 0.4) is 0 Å². The number of hydrogen-bond donors (Lipinski definition) is 0. The van der Waals surface area contributed by atoms with Crippen LogP contribution in [0.5, 0.6) is 0 Å². The van der Waals surface area contributed by atoms with Gasteiger partial charge in [0.15, 0.2) is 5.82 Å². The second-order valence-corrected chi connectivity index (χ2v) is 5.36. The number of amides is 1. The second kappa shape index (κ2) is 5.50. The number of rotatable bonds is 2. The van der Waals surface area contributed by atoms with Crippen LogP contribution in [0.2, 0.25) is 5.02 Å². The third-order valence-electron chi connectivity index (χ3n) is 3.41. The van der Waals surface area contributed by atoms with Crippen molar-refractivity contribution in [3.05, 3.63) is 34.7 Å². The van der Waals surface area contributed by atoms with Gasteiger partial charge >= 0.3 is 0 Å². The number of halogens is 1. The molecule has 1 saturated heterocycles. The zero-order chi connectivity index (χ0) is 15.0. The fourth-order valence-electron chi connectivity index (χ4n) is 2.38. The van der Waals surface area contributed by atoms with Crippen LogP contribution in [0.15, 0.2) is 16.8 Å². The number of ether oxygens (including phenoxy) is 1. The van der Waals surface area contributed by atoms with Crippen LogP contribution in [-0.4, -0.2) is 45.3 Å². The molecular weight excluding hydrogens is 296 g/mol. The maximum Gasteiger partial charge on any atom is 0.271 e. The Bertz CT molecular complexity index is 666. The Balaban J connectivity index is 1.90. The van der Waals surface area contributed by atoms with Gasteiger partial charge in [0.1, 0.15) is 11.7 Å². The van der Waals surface area contributed by atoms with E-state index in [1.165, 1.54) is 0 Å². The summed E-state index contributed by atoms with van der Waals surface area (Å²) in [6, 6.07) is 1.27. The first-order valence-corrected chi connectivity index (χ1v) is 6.95. The van der Waals surface area contributed by atoms with Crippen LogP contribution < -0.4 is 0 Å². The largest absolute Gasteiger partial charge is 0.377 e. The molecule has 0 spiro atoms. The summed E-state index contributed by atoms with van der Waals surface area (Å²) in [5, 5.41) is 4.30. The highest BCUT2D eigenvalue weighted by Gasteiger charge is 2.34. The molecule has 1 fully saturated rings. The van der Waals surface area contributed by atoms with Gasteiger partial charge in [-0.2, -0.15) is 4.98 Å². The first-order chi connectivity index (χ1) is 10.1. The molecular formula is C13H15ClN4O3. The first-order valence-electron chi connectivity index (χ1n) is 6.57. The molecule has 112 valence electrons. The minimum Gasteiger partial charge on any atom is -0.377 e. The van der Waals surface area contributed by atoms with E-state index < -0.39 is 0 Å². The van der Waals surface area contributed by atoms with Gasteiger partial charge in [-0.3, -0.25) is 4.79 Å². The van der Waals surface area contributed by atoms with Crippen molar-refractivity contribution in [3.63, 3.8) is 0 Å². The van der Waals surface area contributed by atoms with Crippen molar-refractivity contribution >= 4 is 17.5 Å². The van der Waals surface area contributed by atoms with Crippen LogP contribution in [0.1, 0.15) is 28.2 Å². The summed E-state index contributed by atoms with van der Waals surface area (Å²) in [5.41, 5.74) is 0.517. The molecule has 3 heterocycles. The molecule has 2 aromatic rings. The van der Waals surface area contributed by atoms with E-state index >= 15 is 0 Å². The maximum atomic E-state index is 12.7. The fraction of sp³-hybridized carbons (Fsp3) is 0.462. The normalized spacial score (nSPS) is 19.0. The van der Waals surface area contributed by atoms with Gasteiger partial charge in [0, 0.05) is 19.8 Å². The lowest BCUT2D eigenvalue weighted by molar-refractivity contribution is -0.0123. The fourth-order valence-corrected chi connectivity index (χ4v) is 2.63. The minimum atomic E-state index is -0.374. The van der Waals surface area contributed by atoms with Crippen molar-refractivity contribution in [1.29, 1.82) is 0 Å². The summed E-state index contributed by atoms with van der Waals surface area (Å²) >= 11 is 5.95. The average molecular weight is 311 g/mol. The zero-order valence-electron chi connectivity index (χ0n) is 11.7. The number of hydrogen-bond acceptors (Lipinski definition) is 5. The summed E-state index contributed by atoms with van der Waals surface area (Å²) in [6.45, 7) is 3.02. The summed E-state index contributed by atoms with van der Waals surface area (Å²) in [7, 11) is 1.78. The summed E-state index contributed by atoms with van der Waals surface area (Å²) < 4.78 is 12.3. The van der Waals surface area contributed by atoms with E-state index in [0.717, 1.165) is 0 Å². The van der Waals surface area contributed by atoms with E-state index in [1.807, 2.05) is 0 Å². The zero-order valence-corrected chi connectivity index (χ0v) is 12.5. The molecule has 1 aliphatic rings. The molecule has 0 bridgehead atoms. The van der Waals surface area contributed by atoms with Crippen molar-refractivity contribution in [2.24, 2.45) is 7.05 Å². The Labute approximate surface area is 126 Å². The Kier molecular flexibility index (Phi) is 3.69. The highest BCUT2D eigenvalue weighted by molar-refractivity contribution is 6.31. The molecule has 0 aliphatic carbocycles. The number of aromatic nitrogens is 3. The van der Waals surface area contributed by atoms with Gasteiger partial charge in [-0.05, 0) is 13.0 Å². The number of aryl methyl sites for hydroxylation is 2. The van der Waals surface area contributed by atoms with Gasteiger partial charge in [0.05, 0.1) is 18.2 Å². The number of carbonyl (C=O) groups excluding carboxylic acids is 1. The maximum absolute atomic E-state index is 12.7. The number of morpholine rings is 1. The SMILES string of the molecule is Cc1noc(C2COCCN2C(=O)c2cc(Cl)cn2C)n1. The topological polar surface area (TPSA) is 73.4 Å². The third kappa shape index (κ3) is 2.66. The lowest BCUT2D eigenvalue weighted by Crippen LogP contribution is -2.44. The van der Waals surface area contributed by atoms with Crippen LogP contribution in [-0.2, 0) is 11.8 Å². The van der Waals surface area contributed by atoms with E-state index in [0.29, 0.717) is 42.2 Å². The van der Waals surface area contributed by atoms with Crippen molar-refractivity contribution in [3.8, 4) is 0 Å². The second-order valence-electron chi connectivity index (χ2n) is 4.92. The molecule has 1 amide bonds. The van der Waals surface area contributed by atoms with Crippen LogP contribution in [0.4, 0.5) is 0 Å². The van der Waals surface area contributed by atoms with Crippen molar-refractivity contribution in [1.82, 2.24) is 19.6 Å². The van der Waals surface area contributed by atoms with Crippen molar-refractivity contribution in [2.75, 3.05) is 19.8 Å². The van der Waals surface area contributed by atoms with E-state index in [-0.39, 0.29) is 11.9 Å². The van der Waals surface area contributed by atoms with Gasteiger partial charge < -0.3 is 18.7 Å². The highest BCUT2D eigenvalue weighted by Crippen LogP contribution is 2.25. The van der Waals surface area contributed by atoms with Gasteiger partial charge in [-0.15, -0.1) is 0 Å². The van der Waals surface area contributed by atoms with Gasteiger partial charge in [0.25, 0.3) is 11.8 Å². The molecule has 21 heavy (non-hydrogen) atoms. The summed E-state index contributed by atoms with van der Waals surface area (Å²) in [5.74, 6) is 0.791. The molecule has 0 saturated carbocycles. The Morgan fingerprint density at radius 1 is 1.52 bits per heavy atom. The molecule has 2 aromatic heterocycles. The lowest BCUT2D eigenvalue weighted by Gasteiger charge is -2.33. The predicted octanol–water partition coefficient (Wildman–Crippen LogP) is 1.58. The van der Waals surface area contributed by atoms with Crippen LogP contribution >= 0.6 is 11.6 Å². The predicted molar refractivity (Wildman–Crippen MR) is 74.1 cm³/mol. The first kappa shape index (κ1) is 14.1. The monoisotopic (exact) mass is 310 g/mol. The molecule has 0 aromatic carbocycles. The molecule has 1 aliphatic heterocycles. The Hall–Kier alpha value is -1.86. The smallest absolute Gasteiger partial charge is 0.271 e. The third-order valence-corrected chi connectivity index (χ3v) is 3.62. The molecule has 7 nitrogen and oxygen atoms in total. The molecule has 3 rings (SSSR count). The Morgan fingerprint density at radius 2 is 2.33 bits per heavy atom. The van der Waals surface area contributed by atoms with E-state index in [9.17, 15) is 4.79 Å². The van der Waals surface area contributed by atoms with E-state index in [2.05, 4.69) is 10.1 Å². The van der Waals surface area contributed by atoms with Crippen molar-refractivity contribution < 1.29 is 14.1 Å². The number of carbonyl (C=O) groups is 1. The molecule has 8 heteroatoms. The van der Waals surface area contributed by atoms with Crippen molar-refractivity contribution in [2.45, 2.75) is 13.0 Å². The van der Waals surface area contributed by atoms with E-state index in [1.54, 1.807) is 35.7 Å². The van der Waals surface area contributed by atoms with Gasteiger partial charge in [-0.25, -0.2) is 0 Å². The minimum absolute atomic E-state index is 0.131. The number of nitrogens with zero attached hydrogens (tertiary/aromatic N) is 4. The van der Waals surface area contributed by atoms with Crippen LogP contribution in [0.25, 0.3) is 0 Å². The van der Waals surface area contributed by atoms with Crippen LogP contribution in [0, 0.1) is 6.92 Å². The average Bonchev–Trinajstić information content (AvgIpc) is 3.04. The summed E-state index contributed by atoms with van der Waals surface area (Å²) in [6.07, 6.45) is 1.70. The quantitative estimate of drug-likeness (QED) is 0.842. The molecule has 1 unspecified atom stereocenters. The Morgan fingerprint density at radius 3 is 2.95 bits per heavy atom. The lowest BCUT2D eigenvalue weighted by atomic mass is 10.2. The molecule has 1 atom stereocenters. The van der Waals surface area contributed by atoms with Gasteiger partial charge in [0.2, 0.25) is 0 Å². The van der Waals surface area contributed by atoms with Gasteiger partial charge in [-0.1, -0.05) is 16.8 Å². The molecule has 0 radical (unpaired) electrons. The van der Waals surface area contributed by atoms with E-state index in [4.69, 9.17) is 20.9 Å². The molecule has 0 N–H and O–H groups in total.